The van der Waals surface area contributed by atoms with Crippen LogP contribution in [0.25, 0.3) is 32.6 Å². The van der Waals surface area contributed by atoms with E-state index in [0.29, 0.717) is 52.8 Å². The molecule has 9 nitrogen and oxygen atoms in total. The van der Waals surface area contributed by atoms with Crippen molar-refractivity contribution >= 4 is 50.6 Å². The number of ether oxygens (including phenoxy) is 1. The molecule has 0 saturated carbocycles. The molecule has 2 aromatic carbocycles. The third kappa shape index (κ3) is 4.89. The summed E-state index contributed by atoms with van der Waals surface area (Å²) in [5.74, 6) is -1.91. The highest BCUT2D eigenvalue weighted by atomic mass is 35.5. The number of halogens is 3. The van der Waals surface area contributed by atoms with Crippen LogP contribution in [0.3, 0.4) is 0 Å². The van der Waals surface area contributed by atoms with Crippen molar-refractivity contribution < 1.29 is 27.6 Å². The maximum Gasteiger partial charge on any atom is 0.306 e. The van der Waals surface area contributed by atoms with E-state index in [-0.39, 0.29) is 22.0 Å². The first kappa shape index (κ1) is 25.2. The molecule has 1 fully saturated rings. The Bertz CT molecular complexity index is 1700. The number of pyridine rings is 1. The van der Waals surface area contributed by atoms with Gasteiger partial charge in [-0.1, -0.05) is 23.7 Å². The molecule has 6 rings (SSSR count). The van der Waals surface area contributed by atoms with Gasteiger partial charge in [-0.15, -0.1) is 16.3 Å². The van der Waals surface area contributed by atoms with Crippen molar-refractivity contribution in [3.63, 3.8) is 0 Å². The highest BCUT2D eigenvalue weighted by Gasteiger charge is 2.27. The Morgan fingerprint density at radius 2 is 1.87 bits per heavy atom. The van der Waals surface area contributed by atoms with Crippen LogP contribution in [0.2, 0.25) is 5.02 Å². The van der Waals surface area contributed by atoms with Crippen molar-refractivity contribution in [3.05, 3.63) is 76.3 Å². The predicted molar refractivity (Wildman–Crippen MR) is 143 cm³/mol. The molecule has 0 unspecified atom stereocenters. The zero-order valence-electron chi connectivity index (χ0n) is 20.2. The lowest BCUT2D eigenvalue weighted by atomic mass is 9.99. The van der Waals surface area contributed by atoms with Gasteiger partial charge in [0.15, 0.2) is 0 Å². The lowest BCUT2D eigenvalue weighted by molar-refractivity contribution is -0.759. The van der Waals surface area contributed by atoms with Gasteiger partial charge in [0.2, 0.25) is 5.27 Å². The highest BCUT2D eigenvalue weighted by molar-refractivity contribution is 7.21. The van der Waals surface area contributed by atoms with Crippen molar-refractivity contribution in [1.82, 2.24) is 10.3 Å². The molecule has 0 aliphatic carbocycles. The molecule has 4 heterocycles. The van der Waals surface area contributed by atoms with Gasteiger partial charge >= 0.3 is 5.88 Å². The van der Waals surface area contributed by atoms with Gasteiger partial charge in [0, 0.05) is 27.6 Å². The minimum absolute atomic E-state index is 0.113. The van der Waals surface area contributed by atoms with Crippen LogP contribution in [0.4, 0.5) is 20.4 Å². The number of benzene rings is 2. The third-order valence-electron chi connectivity index (χ3n) is 6.24. The Balaban J connectivity index is 1.41. The molecular formula is C26H20ClF2N6O3S+. The second kappa shape index (κ2) is 10.2. The summed E-state index contributed by atoms with van der Waals surface area (Å²) in [5, 5.41) is 9.45. The SMILES string of the molecule is Nc1c(C(=O)Nc2c[n+](N3CCOCC3)no2)sc2nc(-c3ccc(Cl)cc3)cc(-c3ccc(F)cc3F)c12. The average molecular weight is 570 g/mol. The third-order valence-corrected chi connectivity index (χ3v) is 7.59. The molecule has 1 saturated heterocycles. The number of hydrogen-bond acceptors (Lipinski definition) is 8. The number of nitrogens with zero attached hydrogens (tertiary/aromatic N) is 4. The number of carbonyl (C=O) groups excluding carboxylic acids is 1. The second-order valence-corrected chi connectivity index (χ2v) is 10.2. The van der Waals surface area contributed by atoms with Crippen LogP contribution in [-0.2, 0) is 4.74 Å². The molecule has 198 valence electrons. The molecule has 13 heteroatoms. The number of nitrogens with two attached hydrogens (primary N) is 1. The molecular weight excluding hydrogens is 550 g/mol. The molecule has 39 heavy (non-hydrogen) atoms. The number of rotatable bonds is 5. The quantitative estimate of drug-likeness (QED) is 0.297. The summed E-state index contributed by atoms with van der Waals surface area (Å²) in [6, 6.07) is 11.9. The number of carbonyl (C=O) groups is 1. The lowest BCUT2D eigenvalue weighted by Crippen LogP contribution is -2.62. The summed E-state index contributed by atoms with van der Waals surface area (Å²) in [6.07, 6.45) is 1.54. The summed E-state index contributed by atoms with van der Waals surface area (Å²) in [7, 11) is 0. The number of nitrogens with one attached hydrogen (secondary N) is 1. The van der Waals surface area contributed by atoms with Crippen LogP contribution in [0.15, 0.2) is 59.3 Å². The fraction of sp³-hybridized carbons (Fsp3) is 0.154. The fourth-order valence-electron chi connectivity index (χ4n) is 4.33. The number of aromatic nitrogens is 3. The predicted octanol–water partition coefficient (Wildman–Crippen LogP) is 4.64. The minimum Gasteiger partial charge on any atom is -0.397 e. The van der Waals surface area contributed by atoms with Gasteiger partial charge in [-0.2, -0.15) is 0 Å². The van der Waals surface area contributed by atoms with Gasteiger partial charge in [-0.3, -0.25) is 14.6 Å². The van der Waals surface area contributed by atoms with E-state index in [2.05, 4.69) is 10.6 Å². The first-order valence-electron chi connectivity index (χ1n) is 11.8. The van der Waals surface area contributed by atoms with E-state index in [9.17, 15) is 13.6 Å². The van der Waals surface area contributed by atoms with Crippen LogP contribution in [0.5, 0.6) is 0 Å². The number of hydrogen-bond donors (Lipinski definition) is 2. The van der Waals surface area contributed by atoms with Crippen LogP contribution in [0, 0.1) is 11.6 Å². The maximum atomic E-state index is 15.0. The van der Waals surface area contributed by atoms with E-state index in [1.807, 2.05) is 5.01 Å². The summed E-state index contributed by atoms with van der Waals surface area (Å²) in [4.78, 5) is 20.0. The van der Waals surface area contributed by atoms with Crippen molar-refractivity contribution in [2.24, 2.45) is 0 Å². The Morgan fingerprint density at radius 3 is 2.62 bits per heavy atom. The summed E-state index contributed by atoms with van der Waals surface area (Å²) >= 11 is 7.09. The molecule has 0 spiro atoms. The van der Waals surface area contributed by atoms with Gasteiger partial charge in [0.25, 0.3) is 12.1 Å². The van der Waals surface area contributed by atoms with Crippen LogP contribution >= 0.6 is 22.9 Å². The van der Waals surface area contributed by atoms with Crippen molar-refractivity contribution in [1.29, 1.82) is 0 Å². The second-order valence-electron chi connectivity index (χ2n) is 8.72. The van der Waals surface area contributed by atoms with Gasteiger partial charge in [0.05, 0.1) is 42.5 Å². The Kier molecular flexibility index (Phi) is 6.59. The van der Waals surface area contributed by atoms with E-state index in [0.717, 1.165) is 29.0 Å². The monoisotopic (exact) mass is 569 g/mol. The van der Waals surface area contributed by atoms with E-state index in [1.165, 1.54) is 10.9 Å². The van der Waals surface area contributed by atoms with Crippen LogP contribution in [0.1, 0.15) is 9.67 Å². The fourth-order valence-corrected chi connectivity index (χ4v) is 5.47. The average Bonchev–Trinajstić information content (AvgIpc) is 3.53. The zero-order valence-corrected chi connectivity index (χ0v) is 21.7. The summed E-state index contributed by atoms with van der Waals surface area (Å²) in [5.41, 5.74) is 8.30. The zero-order chi connectivity index (χ0) is 27.1. The number of anilines is 2. The molecule has 0 bridgehead atoms. The number of morpholine rings is 1. The maximum absolute atomic E-state index is 15.0. The number of nitrogen functional groups attached to an aromatic ring is 1. The van der Waals surface area contributed by atoms with Crippen LogP contribution < -0.4 is 20.9 Å². The van der Waals surface area contributed by atoms with E-state index in [4.69, 9.17) is 31.6 Å². The number of fused-ring (bicyclic) bond motifs is 1. The molecule has 0 atom stereocenters. The Morgan fingerprint density at radius 1 is 1.10 bits per heavy atom. The minimum atomic E-state index is -0.768. The molecule has 3 aromatic heterocycles. The van der Waals surface area contributed by atoms with Crippen molar-refractivity contribution in [3.8, 4) is 22.4 Å². The summed E-state index contributed by atoms with van der Waals surface area (Å²) < 4.78 is 39.3. The van der Waals surface area contributed by atoms with Gasteiger partial charge in [-0.25, -0.2) is 13.8 Å². The normalized spacial score (nSPS) is 13.7. The number of amides is 1. The first-order chi connectivity index (χ1) is 18.9. The van der Waals surface area contributed by atoms with Gasteiger partial charge < -0.3 is 10.5 Å². The molecule has 3 N–H and O–H groups in total. The highest BCUT2D eigenvalue weighted by Crippen LogP contribution is 2.42. The largest absolute Gasteiger partial charge is 0.397 e. The molecule has 1 aliphatic heterocycles. The number of thiophene rings is 1. The summed E-state index contributed by atoms with van der Waals surface area (Å²) in [6.45, 7) is 2.36. The van der Waals surface area contributed by atoms with Crippen LogP contribution in [-0.4, -0.2) is 42.5 Å². The van der Waals surface area contributed by atoms with E-state index >= 15 is 0 Å². The smallest absolute Gasteiger partial charge is 0.306 e. The lowest BCUT2D eigenvalue weighted by Gasteiger charge is -2.18. The van der Waals surface area contributed by atoms with Gasteiger partial charge in [-0.05, 0) is 35.9 Å². The Labute approximate surface area is 229 Å². The first-order valence-corrected chi connectivity index (χ1v) is 13.0. The molecule has 1 amide bonds. The molecule has 0 radical (unpaired) electrons. The van der Waals surface area contributed by atoms with Crippen molar-refractivity contribution in [2.45, 2.75) is 0 Å². The topological polar surface area (TPSA) is 110 Å². The Hall–Kier alpha value is -4.13. The standard InChI is InChI=1S/C26H19ClF2N6O3S/c27-15-3-1-14(2-4-15)20-12-18(17-6-5-16(28)11-19(17)29)22-23(30)24(39-26(22)31-20)25(36)32-21-13-35(33-38-21)34-7-9-37-10-8-34/h1-6,11-13H,7-10H2,(H2-,30,32,33,36)/p+1. The molecule has 1 aliphatic rings. The van der Waals surface area contributed by atoms with E-state index in [1.54, 1.807) is 36.5 Å². The van der Waals surface area contributed by atoms with E-state index < -0.39 is 17.5 Å². The van der Waals surface area contributed by atoms with Gasteiger partial charge in [0.1, 0.15) is 21.3 Å². The molecule has 5 aromatic rings. The van der Waals surface area contributed by atoms with Crippen molar-refractivity contribution in [2.75, 3.05) is 42.4 Å².